The average Bonchev–Trinajstić information content (AvgIpc) is 3.07. The molecule has 0 atom stereocenters. The Morgan fingerprint density at radius 3 is 2.64 bits per heavy atom. The molecule has 0 aromatic carbocycles. The van der Waals surface area contributed by atoms with E-state index >= 15 is 0 Å². The Morgan fingerprint density at radius 1 is 1.27 bits per heavy atom. The van der Waals surface area contributed by atoms with Gasteiger partial charge in [-0.1, -0.05) is 0 Å². The second kappa shape index (κ2) is 6.43. The zero-order valence-electron chi connectivity index (χ0n) is 11.2. The number of hydrogen-bond acceptors (Lipinski definition) is 7. The molecule has 1 N–H and O–H groups in total. The number of carbonyl (C=O) groups is 1. The Hall–Kier alpha value is -3.31. The molecule has 2 aromatic heterocycles. The lowest BCUT2D eigenvalue weighted by Crippen LogP contribution is -2.30. The molecule has 12 nitrogen and oxygen atoms in total. The lowest BCUT2D eigenvalue weighted by Gasteiger charge is -2.03. The summed E-state index contributed by atoms with van der Waals surface area (Å²) < 4.78 is 2.48. The summed E-state index contributed by atoms with van der Waals surface area (Å²) in [6, 6.07) is 1.19. The standard InChI is InChI=1S/C10H11N7O5/c18-10(7-15-3-1-9(13-15)17(21)22)11-2-4-14-6-8(5-12-14)16(19)20/h1,3,5-6H,2,4,7H2,(H,11,18). The monoisotopic (exact) mass is 309 g/mol. The van der Waals surface area contributed by atoms with Gasteiger partial charge in [0, 0.05) is 6.54 Å². The summed E-state index contributed by atoms with van der Waals surface area (Å²) in [5, 5.41) is 30.9. The van der Waals surface area contributed by atoms with Gasteiger partial charge in [-0.25, -0.2) is 0 Å². The van der Waals surface area contributed by atoms with Crippen LogP contribution in [0.4, 0.5) is 11.5 Å². The van der Waals surface area contributed by atoms with Gasteiger partial charge in [0.15, 0.2) is 0 Å². The van der Waals surface area contributed by atoms with Crippen molar-refractivity contribution in [1.82, 2.24) is 24.9 Å². The molecule has 0 fully saturated rings. The third kappa shape index (κ3) is 3.84. The minimum absolute atomic E-state index is 0.129. The number of amides is 1. The van der Waals surface area contributed by atoms with Gasteiger partial charge < -0.3 is 15.4 Å². The van der Waals surface area contributed by atoms with E-state index in [-0.39, 0.29) is 37.0 Å². The predicted molar refractivity (Wildman–Crippen MR) is 70.8 cm³/mol. The van der Waals surface area contributed by atoms with Crippen LogP contribution < -0.4 is 5.32 Å². The molecule has 2 rings (SSSR count). The van der Waals surface area contributed by atoms with Crippen molar-refractivity contribution in [1.29, 1.82) is 0 Å². The lowest BCUT2D eigenvalue weighted by atomic mass is 10.5. The first-order valence-electron chi connectivity index (χ1n) is 6.07. The molecule has 0 spiro atoms. The van der Waals surface area contributed by atoms with Gasteiger partial charge in [0.05, 0.1) is 28.8 Å². The van der Waals surface area contributed by atoms with E-state index < -0.39 is 9.85 Å². The first kappa shape index (κ1) is 15.1. The fourth-order valence-corrected chi connectivity index (χ4v) is 1.62. The van der Waals surface area contributed by atoms with E-state index in [0.717, 1.165) is 10.9 Å². The van der Waals surface area contributed by atoms with E-state index in [1.165, 1.54) is 23.1 Å². The SMILES string of the molecule is O=C(Cn1ccc([N+](=O)[O-])n1)NCCn1cc([N+](=O)[O-])cn1. The lowest BCUT2D eigenvalue weighted by molar-refractivity contribution is -0.389. The molecule has 1 amide bonds. The quantitative estimate of drug-likeness (QED) is 0.545. The molecule has 0 radical (unpaired) electrons. The first-order chi connectivity index (χ1) is 10.5. The second-order valence-corrected chi connectivity index (χ2v) is 4.20. The van der Waals surface area contributed by atoms with Gasteiger partial charge in [0.25, 0.3) is 0 Å². The number of carbonyl (C=O) groups excluding carboxylic acids is 1. The number of nitro groups is 2. The molecule has 2 aromatic rings. The summed E-state index contributed by atoms with van der Waals surface area (Å²) in [5.41, 5.74) is -0.129. The molecule has 0 unspecified atom stereocenters. The molecule has 0 bridgehead atoms. The predicted octanol–water partition coefficient (Wildman–Crippen LogP) is -0.288. The van der Waals surface area contributed by atoms with Gasteiger partial charge in [0.1, 0.15) is 18.9 Å². The zero-order chi connectivity index (χ0) is 16.1. The number of aromatic nitrogens is 4. The maximum atomic E-state index is 11.6. The minimum Gasteiger partial charge on any atom is -0.358 e. The van der Waals surface area contributed by atoms with E-state index in [2.05, 4.69) is 15.5 Å². The van der Waals surface area contributed by atoms with Crippen LogP contribution in [0.5, 0.6) is 0 Å². The number of nitrogens with one attached hydrogen (secondary N) is 1. The van der Waals surface area contributed by atoms with Gasteiger partial charge in [-0.3, -0.25) is 19.6 Å². The van der Waals surface area contributed by atoms with Crippen LogP contribution in [0.25, 0.3) is 0 Å². The van der Waals surface area contributed by atoms with Crippen LogP contribution in [-0.2, 0) is 17.9 Å². The third-order valence-electron chi connectivity index (χ3n) is 2.61. The van der Waals surface area contributed by atoms with Crippen molar-refractivity contribution in [3.05, 3.63) is 44.9 Å². The fourth-order valence-electron chi connectivity index (χ4n) is 1.62. The van der Waals surface area contributed by atoms with Gasteiger partial charge >= 0.3 is 11.5 Å². The molecule has 0 aliphatic rings. The maximum Gasteiger partial charge on any atom is 0.389 e. The van der Waals surface area contributed by atoms with Gasteiger partial charge in [-0.05, 0) is 4.92 Å². The van der Waals surface area contributed by atoms with Crippen LogP contribution in [0.15, 0.2) is 24.7 Å². The summed E-state index contributed by atoms with van der Waals surface area (Å²) >= 11 is 0. The minimum atomic E-state index is -0.654. The van der Waals surface area contributed by atoms with E-state index in [1.807, 2.05) is 0 Å². The highest BCUT2D eigenvalue weighted by molar-refractivity contribution is 5.75. The zero-order valence-corrected chi connectivity index (χ0v) is 11.2. The Morgan fingerprint density at radius 2 is 2.05 bits per heavy atom. The fraction of sp³-hybridized carbons (Fsp3) is 0.300. The molecule has 0 aliphatic carbocycles. The van der Waals surface area contributed by atoms with E-state index in [1.54, 1.807) is 0 Å². The van der Waals surface area contributed by atoms with Gasteiger partial charge in [0.2, 0.25) is 5.91 Å². The Bertz CT molecular complexity index is 706. The van der Waals surface area contributed by atoms with E-state index in [9.17, 15) is 25.0 Å². The van der Waals surface area contributed by atoms with E-state index in [4.69, 9.17) is 0 Å². The van der Waals surface area contributed by atoms with Crippen molar-refractivity contribution in [3.63, 3.8) is 0 Å². The third-order valence-corrected chi connectivity index (χ3v) is 2.61. The Balaban J connectivity index is 1.77. The normalized spacial score (nSPS) is 10.4. The van der Waals surface area contributed by atoms with Crippen LogP contribution in [-0.4, -0.2) is 41.9 Å². The highest BCUT2D eigenvalue weighted by atomic mass is 16.6. The molecule has 0 saturated heterocycles. The Labute approximate surface area is 122 Å². The van der Waals surface area contributed by atoms with Crippen LogP contribution >= 0.6 is 0 Å². The largest absolute Gasteiger partial charge is 0.389 e. The van der Waals surface area contributed by atoms with Crippen LogP contribution in [0.1, 0.15) is 0 Å². The number of nitrogens with zero attached hydrogens (tertiary/aromatic N) is 6. The second-order valence-electron chi connectivity index (χ2n) is 4.20. The molecular formula is C10H11N7O5. The summed E-state index contributed by atoms with van der Waals surface area (Å²) in [5.74, 6) is -0.726. The van der Waals surface area contributed by atoms with Crippen LogP contribution in [0, 0.1) is 20.2 Å². The molecule has 116 valence electrons. The van der Waals surface area contributed by atoms with Crippen molar-refractivity contribution in [2.24, 2.45) is 0 Å². The summed E-state index contributed by atoms with van der Waals surface area (Å²) in [4.78, 5) is 31.3. The molecule has 12 heteroatoms. The summed E-state index contributed by atoms with van der Waals surface area (Å²) in [6.07, 6.45) is 3.70. The van der Waals surface area contributed by atoms with Crippen LogP contribution in [0.2, 0.25) is 0 Å². The molecular weight excluding hydrogens is 298 g/mol. The average molecular weight is 309 g/mol. The van der Waals surface area contributed by atoms with Crippen molar-refractivity contribution < 1.29 is 14.6 Å². The van der Waals surface area contributed by atoms with Crippen molar-refractivity contribution in [2.75, 3.05) is 6.54 Å². The first-order valence-corrected chi connectivity index (χ1v) is 6.07. The van der Waals surface area contributed by atoms with Crippen LogP contribution in [0.3, 0.4) is 0 Å². The highest BCUT2D eigenvalue weighted by Gasteiger charge is 2.13. The summed E-state index contributed by atoms with van der Waals surface area (Å²) in [6.45, 7) is 0.312. The maximum absolute atomic E-state index is 11.6. The molecule has 0 saturated carbocycles. The topological polar surface area (TPSA) is 151 Å². The van der Waals surface area contributed by atoms with Gasteiger partial charge in [-0.2, -0.15) is 9.78 Å². The van der Waals surface area contributed by atoms with E-state index in [0.29, 0.717) is 0 Å². The van der Waals surface area contributed by atoms with Crippen molar-refractivity contribution >= 4 is 17.4 Å². The summed E-state index contributed by atoms with van der Waals surface area (Å²) in [7, 11) is 0. The van der Waals surface area contributed by atoms with Gasteiger partial charge in [-0.15, -0.1) is 0 Å². The van der Waals surface area contributed by atoms with Crippen molar-refractivity contribution in [2.45, 2.75) is 13.1 Å². The number of rotatable bonds is 7. The highest BCUT2D eigenvalue weighted by Crippen LogP contribution is 2.07. The number of hydrogen-bond donors (Lipinski definition) is 1. The van der Waals surface area contributed by atoms with Crippen molar-refractivity contribution in [3.8, 4) is 0 Å². The molecule has 0 aliphatic heterocycles. The molecule has 2 heterocycles. The Kier molecular flexibility index (Phi) is 4.41. The molecule has 22 heavy (non-hydrogen) atoms. The smallest absolute Gasteiger partial charge is 0.358 e.